The molecule has 2 amide bonds. The summed E-state index contributed by atoms with van der Waals surface area (Å²) in [5.41, 5.74) is 2.11. The van der Waals surface area contributed by atoms with E-state index in [2.05, 4.69) is 25.3 Å². The van der Waals surface area contributed by atoms with Crippen LogP contribution in [0.4, 0.5) is 4.79 Å². The van der Waals surface area contributed by atoms with Crippen LogP contribution in [0, 0.1) is 12.8 Å². The van der Waals surface area contributed by atoms with Gasteiger partial charge in [-0.1, -0.05) is 29.4 Å². The summed E-state index contributed by atoms with van der Waals surface area (Å²) in [6, 6.07) is 8.34. The van der Waals surface area contributed by atoms with E-state index < -0.39 is 0 Å². The highest BCUT2D eigenvalue weighted by Crippen LogP contribution is 2.22. The number of carbonyl (C=O) groups excluding carboxylic acids is 1. The summed E-state index contributed by atoms with van der Waals surface area (Å²) >= 11 is 0. The highest BCUT2D eigenvalue weighted by Gasteiger charge is 2.32. The van der Waals surface area contributed by atoms with Crippen LogP contribution in [0.2, 0.25) is 0 Å². The molecule has 1 N–H and O–H groups in total. The first-order valence-corrected chi connectivity index (χ1v) is 12.7. The molecular formula is C25H36N6O4. The van der Waals surface area contributed by atoms with E-state index in [9.17, 15) is 4.79 Å². The van der Waals surface area contributed by atoms with E-state index in [0.717, 1.165) is 70.2 Å². The molecule has 0 radical (unpaired) electrons. The van der Waals surface area contributed by atoms with E-state index in [4.69, 9.17) is 14.0 Å². The quantitative estimate of drug-likeness (QED) is 0.633. The van der Waals surface area contributed by atoms with Gasteiger partial charge in [0.2, 0.25) is 11.7 Å². The third kappa shape index (κ3) is 6.00. The molecule has 10 nitrogen and oxygen atoms in total. The third-order valence-corrected chi connectivity index (χ3v) is 7.36. The average molecular weight is 485 g/mol. The van der Waals surface area contributed by atoms with Crippen molar-refractivity contribution in [3.05, 3.63) is 35.7 Å². The van der Waals surface area contributed by atoms with Crippen molar-refractivity contribution < 1.29 is 18.8 Å². The van der Waals surface area contributed by atoms with Crippen LogP contribution in [0.1, 0.15) is 17.9 Å². The van der Waals surface area contributed by atoms with Crippen molar-refractivity contribution in [3.63, 3.8) is 0 Å². The van der Waals surface area contributed by atoms with Gasteiger partial charge < -0.3 is 24.2 Å². The highest BCUT2D eigenvalue weighted by molar-refractivity contribution is 5.74. The number of amides is 2. The standard InChI is InChI=1S/C25H36N6O4/c1-19-4-2-3-5-21(19)24-27-23(35-28-24)17-29-7-9-31(10-8-29)25(32)26-16-22(20-6-13-34-18-20)30-11-14-33-15-12-30/h2-5,20,22H,6-18H2,1H3,(H,26,32)/t20-,22+/m0/s1. The highest BCUT2D eigenvalue weighted by atomic mass is 16.5. The van der Waals surface area contributed by atoms with Crippen molar-refractivity contribution in [3.8, 4) is 11.4 Å². The Balaban J connectivity index is 1.09. The largest absolute Gasteiger partial charge is 0.381 e. The Labute approximate surface area is 206 Å². The number of carbonyl (C=O) groups is 1. The normalized spacial score (nSPS) is 22.9. The van der Waals surface area contributed by atoms with Crippen molar-refractivity contribution in [1.82, 2.24) is 30.2 Å². The summed E-state index contributed by atoms with van der Waals surface area (Å²) in [5, 5.41) is 7.37. The molecule has 0 bridgehead atoms. The van der Waals surface area contributed by atoms with E-state index >= 15 is 0 Å². The summed E-state index contributed by atoms with van der Waals surface area (Å²) < 4.78 is 16.7. The fourth-order valence-electron chi connectivity index (χ4n) is 5.22. The molecule has 1 aromatic carbocycles. The number of aryl methyl sites for hydroxylation is 1. The average Bonchev–Trinajstić information content (AvgIpc) is 3.58. The lowest BCUT2D eigenvalue weighted by Crippen LogP contribution is -2.56. The lowest BCUT2D eigenvalue weighted by atomic mass is 9.97. The van der Waals surface area contributed by atoms with Crippen LogP contribution in [-0.2, 0) is 16.0 Å². The van der Waals surface area contributed by atoms with Gasteiger partial charge in [-0.3, -0.25) is 9.80 Å². The molecule has 0 spiro atoms. The minimum atomic E-state index is 0.0152. The topological polar surface area (TPSA) is 96.2 Å². The molecule has 10 heteroatoms. The predicted molar refractivity (Wildman–Crippen MR) is 130 cm³/mol. The van der Waals surface area contributed by atoms with Crippen molar-refractivity contribution >= 4 is 6.03 Å². The van der Waals surface area contributed by atoms with E-state index in [0.29, 0.717) is 49.9 Å². The van der Waals surface area contributed by atoms with Crippen LogP contribution in [-0.4, -0.2) is 109 Å². The molecule has 3 fully saturated rings. The molecule has 4 heterocycles. The maximum Gasteiger partial charge on any atom is 0.317 e. The van der Waals surface area contributed by atoms with Crippen LogP contribution >= 0.6 is 0 Å². The molecule has 3 aliphatic rings. The smallest absolute Gasteiger partial charge is 0.317 e. The van der Waals surface area contributed by atoms with E-state index in [1.54, 1.807) is 0 Å². The Morgan fingerprint density at radius 3 is 2.63 bits per heavy atom. The number of ether oxygens (including phenoxy) is 2. The molecule has 3 saturated heterocycles. The lowest BCUT2D eigenvalue weighted by molar-refractivity contribution is 0.00173. The number of hydrogen-bond donors (Lipinski definition) is 1. The van der Waals surface area contributed by atoms with E-state index in [1.165, 1.54) is 0 Å². The van der Waals surface area contributed by atoms with Crippen LogP contribution in [0.15, 0.2) is 28.8 Å². The molecule has 190 valence electrons. The molecule has 0 aliphatic carbocycles. The summed E-state index contributed by atoms with van der Waals surface area (Å²) in [6.45, 7) is 11.1. The molecule has 3 aliphatic heterocycles. The zero-order valence-corrected chi connectivity index (χ0v) is 20.5. The number of nitrogens with one attached hydrogen (secondary N) is 1. The van der Waals surface area contributed by atoms with E-state index in [-0.39, 0.29) is 6.03 Å². The Hall–Kier alpha value is -2.53. The second kappa shape index (κ2) is 11.5. The first-order valence-electron chi connectivity index (χ1n) is 12.7. The van der Waals surface area contributed by atoms with Gasteiger partial charge in [0, 0.05) is 69.9 Å². The van der Waals surface area contributed by atoms with Gasteiger partial charge in [0.05, 0.1) is 26.4 Å². The first-order chi connectivity index (χ1) is 17.2. The summed E-state index contributed by atoms with van der Waals surface area (Å²) in [4.78, 5) is 24.1. The molecule has 0 unspecified atom stereocenters. The first kappa shape index (κ1) is 24.2. The molecule has 35 heavy (non-hydrogen) atoms. The summed E-state index contributed by atoms with van der Waals surface area (Å²) in [7, 11) is 0. The number of piperazine rings is 1. The zero-order valence-electron chi connectivity index (χ0n) is 20.5. The minimum Gasteiger partial charge on any atom is -0.381 e. The number of benzene rings is 1. The maximum atomic E-state index is 12.9. The van der Waals surface area contributed by atoms with Gasteiger partial charge in [-0.05, 0) is 18.9 Å². The van der Waals surface area contributed by atoms with Crippen molar-refractivity contribution in [2.45, 2.75) is 25.9 Å². The molecule has 5 rings (SSSR count). The Kier molecular flexibility index (Phi) is 7.92. The number of urea groups is 1. The molecule has 2 aromatic rings. The second-order valence-electron chi connectivity index (χ2n) is 9.62. The van der Waals surface area contributed by atoms with E-state index in [1.807, 2.05) is 36.1 Å². The number of aromatic nitrogens is 2. The van der Waals surface area contributed by atoms with Gasteiger partial charge in [0.15, 0.2) is 0 Å². The molecule has 2 atom stereocenters. The van der Waals surface area contributed by atoms with Crippen LogP contribution in [0.5, 0.6) is 0 Å². The number of morpholine rings is 1. The van der Waals surface area contributed by atoms with Gasteiger partial charge in [-0.25, -0.2) is 4.79 Å². The monoisotopic (exact) mass is 484 g/mol. The fourth-order valence-corrected chi connectivity index (χ4v) is 5.22. The number of rotatable bonds is 7. The Bertz CT molecular complexity index is 964. The zero-order chi connectivity index (χ0) is 24.0. The van der Waals surface area contributed by atoms with Crippen molar-refractivity contribution in [1.29, 1.82) is 0 Å². The summed E-state index contributed by atoms with van der Waals surface area (Å²) in [6.07, 6.45) is 1.05. The van der Waals surface area contributed by atoms with Crippen molar-refractivity contribution in [2.24, 2.45) is 5.92 Å². The van der Waals surface area contributed by atoms with Gasteiger partial charge in [-0.2, -0.15) is 4.98 Å². The Morgan fingerprint density at radius 2 is 1.89 bits per heavy atom. The maximum absolute atomic E-state index is 12.9. The van der Waals surface area contributed by atoms with Gasteiger partial charge in [-0.15, -0.1) is 0 Å². The number of nitrogens with zero attached hydrogens (tertiary/aromatic N) is 5. The molecule has 0 saturated carbocycles. The van der Waals surface area contributed by atoms with Crippen molar-refractivity contribution in [2.75, 3.05) is 72.2 Å². The summed E-state index contributed by atoms with van der Waals surface area (Å²) in [5.74, 6) is 1.69. The van der Waals surface area contributed by atoms with Gasteiger partial charge in [0.1, 0.15) is 0 Å². The molecule has 1 aromatic heterocycles. The number of hydrogen-bond acceptors (Lipinski definition) is 8. The van der Waals surface area contributed by atoms with Crippen LogP contribution in [0.3, 0.4) is 0 Å². The predicted octanol–water partition coefficient (Wildman–Crippen LogP) is 1.61. The fraction of sp³-hybridized carbons (Fsp3) is 0.640. The Morgan fingerprint density at radius 1 is 1.09 bits per heavy atom. The lowest BCUT2D eigenvalue weighted by Gasteiger charge is -2.38. The van der Waals surface area contributed by atoms with Crippen LogP contribution in [0.25, 0.3) is 11.4 Å². The van der Waals surface area contributed by atoms with Gasteiger partial charge >= 0.3 is 6.03 Å². The minimum absolute atomic E-state index is 0.0152. The van der Waals surface area contributed by atoms with Gasteiger partial charge in [0.25, 0.3) is 0 Å². The SMILES string of the molecule is Cc1ccccc1-c1noc(CN2CCN(C(=O)NC[C@H]([C@H]3CCOC3)N3CCOCC3)CC2)n1. The van der Waals surface area contributed by atoms with Crippen LogP contribution < -0.4 is 5.32 Å². The molecular weight excluding hydrogens is 448 g/mol. The third-order valence-electron chi connectivity index (χ3n) is 7.36. The second-order valence-corrected chi connectivity index (χ2v) is 9.62.